The van der Waals surface area contributed by atoms with Crippen LogP contribution in [-0.2, 0) is 9.31 Å². The van der Waals surface area contributed by atoms with Gasteiger partial charge in [0.15, 0.2) is 0 Å². The van der Waals surface area contributed by atoms with Gasteiger partial charge >= 0.3 is 7.12 Å². The minimum absolute atomic E-state index is 0.381. The zero-order valence-corrected chi connectivity index (χ0v) is 22.3. The molecule has 39 heavy (non-hydrogen) atoms. The van der Waals surface area contributed by atoms with Crippen molar-refractivity contribution in [1.29, 1.82) is 0 Å². The van der Waals surface area contributed by atoms with Gasteiger partial charge in [0.05, 0.1) is 27.8 Å². The van der Waals surface area contributed by atoms with Crippen molar-refractivity contribution in [3.05, 3.63) is 84.9 Å². The van der Waals surface area contributed by atoms with Gasteiger partial charge in [0.1, 0.15) is 11.2 Å². The van der Waals surface area contributed by atoms with Crippen LogP contribution in [0.3, 0.4) is 0 Å². The van der Waals surface area contributed by atoms with Crippen molar-refractivity contribution in [3.63, 3.8) is 0 Å². The smallest absolute Gasteiger partial charge is 0.456 e. The molecule has 0 saturated carbocycles. The van der Waals surface area contributed by atoms with Crippen LogP contribution in [0.4, 0.5) is 0 Å². The lowest BCUT2D eigenvalue weighted by molar-refractivity contribution is 0.00578. The molecule has 1 saturated heterocycles. The summed E-state index contributed by atoms with van der Waals surface area (Å²) in [6.45, 7) is 8.32. The molecular weight excluding hydrogens is 481 g/mol. The summed E-state index contributed by atoms with van der Waals surface area (Å²) in [6.07, 6.45) is 0. The van der Waals surface area contributed by atoms with E-state index in [-0.39, 0.29) is 11.2 Å². The first-order chi connectivity index (χ1) is 18.8. The Morgan fingerprint density at radius 3 is 2.05 bits per heavy atom. The molecule has 5 aromatic carbocycles. The van der Waals surface area contributed by atoms with Gasteiger partial charge in [0, 0.05) is 32.3 Å². The van der Waals surface area contributed by atoms with Crippen LogP contribution >= 0.6 is 0 Å². The first-order valence-corrected chi connectivity index (χ1v) is 13.6. The molecule has 4 heterocycles. The average Bonchev–Trinajstić information content (AvgIpc) is 3.60. The summed E-state index contributed by atoms with van der Waals surface area (Å²) in [7, 11) is -0.414. The van der Waals surface area contributed by atoms with E-state index < -0.39 is 7.12 Å². The van der Waals surface area contributed by atoms with Gasteiger partial charge in [-0.1, -0.05) is 48.5 Å². The third kappa shape index (κ3) is 2.72. The number of aromatic nitrogens is 1. The van der Waals surface area contributed by atoms with Crippen LogP contribution in [0.25, 0.3) is 70.8 Å². The Balaban J connectivity index is 1.27. The topological polar surface area (TPSA) is 36.0 Å². The van der Waals surface area contributed by atoms with Gasteiger partial charge in [-0.2, -0.15) is 0 Å². The fourth-order valence-electron chi connectivity index (χ4n) is 6.59. The molecule has 188 valence electrons. The van der Waals surface area contributed by atoms with Gasteiger partial charge in [-0.3, -0.25) is 0 Å². The molecule has 1 aliphatic heterocycles. The van der Waals surface area contributed by atoms with Crippen molar-refractivity contribution in [1.82, 2.24) is 4.40 Å². The summed E-state index contributed by atoms with van der Waals surface area (Å²) in [5.74, 6) is 0. The summed E-state index contributed by atoms with van der Waals surface area (Å²) in [6, 6.07) is 30.8. The number of hydrogen-bond acceptors (Lipinski definition) is 3. The summed E-state index contributed by atoms with van der Waals surface area (Å²) in [4.78, 5) is 0. The number of furan rings is 1. The maximum atomic E-state index is 6.43. The molecule has 0 N–H and O–H groups in total. The Morgan fingerprint density at radius 2 is 1.23 bits per heavy atom. The van der Waals surface area contributed by atoms with E-state index in [9.17, 15) is 0 Å². The van der Waals surface area contributed by atoms with E-state index in [1.165, 1.54) is 48.9 Å². The number of rotatable bonds is 1. The molecular formula is C34H26BNO3. The molecule has 5 heteroatoms. The number of fused-ring (bicyclic) bond motifs is 10. The van der Waals surface area contributed by atoms with Crippen LogP contribution in [0, 0.1) is 0 Å². The summed E-state index contributed by atoms with van der Waals surface area (Å²) < 4.78 is 21.4. The third-order valence-corrected chi connectivity index (χ3v) is 9.32. The highest BCUT2D eigenvalue weighted by atomic mass is 16.7. The standard InChI is InChI=1S/C34H26BNO3/c1-33(2)34(3,4)39-35(38-33)21-12-13-23-27-15-19-16-29-26(14-20(19)17-30(27)37-31(23)18-21)25-10-7-9-24-22-8-5-6-11-28(22)36(29)32(24)25/h5-18H,1-4H3. The SMILES string of the molecule is CC1(C)OB(c2ccc3c(c2)oc2cc4cc5c6cccc7c8ccccc8n(c5cc4cc23)c76)OC1(C)C. The third-order valence-electron chi connectivity index (χ3n) is 9.32. The quantitative estimate of drug-likeness (QED) is 0.210. The molecule has 0 spiro atoms. The lowest BCUT2D eigenvalue weighted by atomic mass is 9.79. The van der Waals surface area contributed by atoms with E-state index in [2.05, 4.69) is 117 Å². The molecule has 0 atom stereocenters. The van der Waals surface area contributed by atoms with Crippen LogP contribution in [-0.4, -0.2) is 22.7 Å². The lowest BCUT2D eigenvalue weighted by Gasteiger charge is -2.32. The zero-order chi connectivity index (χ0) is 26.3. The van der Waals surface area contributed by atoms with Crippen molar-refractivity contribution < 1.29 is 13.7 Å². The predicted molar refractivity (Wildman–Crippen MR) is 162 cm³/mol. The van der Waals surface area contributed by atoms with Crippen LogP contribution in [0.5, 0.6) is 0 Å². The van der Waals surface area contributed by atoms with E-state index in [1.54, 1.807) is 0 Å². The molecule has 0 radical (unpaired) electrons. The second-order valence-corrected chi connectivity index (χ2v) is 12.1. The highest BCUT2D eigenvalue weighted by molar-refractivity contribution is 6.62. The van der Waals surface area contributed by atoms with Gasteiger partial charge in [-0.05, 0) is 80.3 Å². The molecule has 0 amide bonds. The Morgan fingerprint density at radius 1 is 0.564 bits per heavy atom. The Labute approximate surface area is 225 Å². The molecule has 1 aliphatic rings. The molecule has 0 unspecified atom stereocenters. The zero-order valence-electron chi connectivity index (χ0n) is 22.3. The van der Waals surface area contributed by atoms with E-state index in [0.717, 1.165) is 27.4 Å². The molecule has 0 bridgehead atoms. The van der Waals surface area contributed by atoms with Crippen LogP contribution in [0.1, 0.15) is 27.7 Å². The monoisotopic (exact) mass is 507 g/mol. The summed E-state index contributed by atoms with van der Waals surface area (Å²) in [5, 5.41) is 9.77. The first kappa shape index (κ1) is 21.8. The van der Waals surface area contributed by atoms with Gasteiger partial charge in [-0.25, -0.2) is 0 Å². The summed E-state index contributed by atoms with van der Waals surface area (Å²) in [5.41, 5.74) is 5.75. The largest absolute Gasteiger partial charge is 0.494 e. The highest BCUT2D eigenvalue weighted by Crippen LogP contribution is 2.42. The molecule has 4 nitrogen and oxygen atoms in total. The maximum absolute atomic E-state index is 6.43. The number of benzene rings is 5. The van der Waals surface area contributed by atoms with Gasteiger partial charge in [0.25, 0.3) is 0 Å². The fourth-order valence-corrected chi connectivity index (χ4v) is 6.59. The maximum Gasteiger partial charge on any atom is 0.494 e. The van der Waals surface area contributed by atoms with Crippen LogP contribution in [0.15, 0.2) is 89.3 Å². The van der Waals surface area contributed by atoms with Crippen molar-refractivity contribution >= 4 is 83.4 Å². The van der Waals surface area contributed by atoms with Crippen molar-refractivity contribution in [2.45, 2.75) is 38.9 Å². The Bertz CT molecular complexity index is 2290. The van der Waals surface area contributed by atoms with Gasteiger partial charge < -0.3 is 18.1 Å². The molecule has 3 aromatic heterocycles. The Kier molecular flexibility index (Phi) is 3.88. The molecule has 8 aromatic rings. The van der Waals surface area contributed by atoms with E-state index in [4.69, 9.17) is 13.7 Å². The molecule has 9 rings (SSSR count). The van der Waals surface area contributed by atoms with Crippen molar-refractivity contribution in [2.24, 2.45) is 0 Å². The Hall–Kier alpha value is -4.06. The van der Waals surface area contributed by atoms with E-state index >= 15 is 0 Å². The van der Waals surface area contributed by atoms with Crippen LogP contribution < -0.4 is 5.46 Å². The van der Waals surface area contributed by atoms with Crippen molar-refractivity contribution in [3.8, 4) is 0 Å². The first-order valence-electron chi connectivity index (χ1n) is 13.6. The van der Waals surface area contributed by atoms with E-state index in [1.807, 2.05) is 0 Å². The predicted octanol–water partition coefficient (Wildman–Crippen LogP) is 8.19. The summed E-state index contributed by atoms with van der Waals surface area (Å²) >= 11 is 0. The second-order valence-electron chi connectivity index (χ2n) is 12.1. The number of hydrogen-bond donors (Lipinski definition) is 0. The lowest BCUT2D eigenvalue weighted by Crippen LogP contribution is -2.41. The fraction of sp³-hybridized carbons (Fsp3) is 0.176. The minimum atomic E-state index is -0.414. The second kappa shape index (κ2) is 6.92. The normalized spacial score (nSPS) is 17.4. The van der Waals surface area contributed by atoms with Gasteiger partial charge in [0.2, 0.25) is 0 Å². The van der Waals surface area contributed by atoms with Crippen molar-refractivity contribution in [2.75, 3.05) is 0 Å². The highest BCUT2D eigenvalue weighted by Gasteiger charge is 2.51. The number of para-hydroxylation sites is 2. The molecule has 0 aliphatic carbocycles. The van der Waals surface area contributed by atoms with Gasteiger partial charge in [-0.15, -0.1) is 0 Å². The minimum Gasteiger partial charge on any atom is -0.456 e. The average molecular weight is 507 g/mol. The van der Waals surface area contributed by atoms with E-state index in [0.29, 0.717) is 0 Å². The molecule has 1 fully saturated rings. The number of nitrogens with zero attached hydrogens (tertiary/aromatic N) is 1. The van der Waals surface area contributed by atoms with Crippen LogP contribution in [0.2, 0.25) is 0 Å².